The van der Waals surface area contributed by atoms with Crippen LogP contribution in [0.2, 0.25) is 0 Å². The van der Waals surface area contributed by atoms with Crippen LogP contribution in [-0.2, 0) is 23.9 Å². The number of carboxylic acids is 1. The van der Waals surface area contributed by atoms with Gasteiger partial charge in [0.15, 0.2) is 6.10 Å². The van der Waals surface area contributed by atoms with Crippen LogP contribution in [0.1, 0.15) is 19.8 Å². The number of nitrogens with one attached hydrogen (secondary N) is 1. The van der Waals surface area contributed by atoms with Crippen molar-refractivity contribution in [2.24, 2.45) is 0 Å². The van der Waals surface area contributed by atoms with Gasteiger partial charge in [0.1, 0.15) is 12.1 Å². The summed E-state index contributed by atoms with van der Waals surface area (Å²) >= 11 is 0. The summed E-state index contributed by atoms with van der Waals surface area (Å²) in [6, 6.07) is -0.682. The molecule has 0 radical (unpaired) electrons. The molecule has 3 atom stereocenters. The zero-order valence-corrected chi connectivity index (χ0v) is 11.9. The Morgan fingerprint density at radius 1 is 1.29 bits per heavy atom. The summed E-state index contributed by atoms with van der Waals surface area (Å²) < 4.78 is 10.5. The largest absolute Gasteiger partial charge is 0.479 e. The van der Waals surface area contributed by atoms with Crippen molar-refractivity contribution >= 4 is 17.8 Å². The number of nitrogens with zero attached hydrogens (tertiary/aromatic N) is 1. The first kappa shape index (κ1) is 15.7. The highest BCUT2D eigenvalue weighted by Crippen LogP contribution is 2.23. The Labute approximate surface area is 122 Å². The first-order valence-electron chi connectivity index (χ1n) is 7.08. The molecule has 8 nitrogen and oxygen atoms in total. The molecule has 0 bridgehead atoms. The standard InChI is InChI=1S/C13H20N2O6/c1-2-14-11(16)8-7-20-6-5-15(8)12(17)9-3-4-10(21-9)13(18)19/h8-10H,2-7H2,1H3,(H,14,16)(H,18,19). The van der Waals surface area contributed by atoms with Crippen LogP contribution in [-0.4, -0.2) is 72.3 Å². The van der Waals surface area contributed by atoms with Crippen molar-refractivity contribution in [2.75, 3.05) is 26.3 Å². The molecule has 2 saturated heterocycles. The maximum Gasteiger partial charge on any atom is 0.332 e. The van der Waals surface area contributed by atoms with E-state index in [1.807, 2.05) is 0 Å². The molecule has 2 N–H and O–H groups in total. The van der Waals surface area contributed by atoms with Crippen molar-refractivity contribution in [3.8, 4) is 0 Å². The Kier molecular flexibility index (Phi) is 5.13. The van der Waals surface area contributed by atoms with Crippen molar-refractivity contribution in [2.45, 2.75) is 38.0 Å². The summed E-state index contributed by atoms with van der Waals surface area (Å²) in [6.45, 7) is 3.07. The lowest BCUT2D eigenvalue weighted by molar-refractivity contribution is -0.161. The number of carbonyl (C=O) groups excluding carboxylic acids is 2. The topological polar surface area (TPSA) is 105 Å². The van der Waals surface area contributed by atoms with Gasteiger partial charge in [0, 0.05) is 13.1 Å². The van der Waals surface area contributed by atoms with Crippen LogP contribution in [0.3, 0.4) is 0 Å². The number of ether oxygens (including phenoxy) is 2. The summed E-state index contributed by atoms with van der Waals surface area (Å²) in [5.41, 5.74) is 0. The van der Waals surface area contributed by atoms with E-state index in [0.717, 1.165) is 0 Å². The molecule has 2 amide bonds. The predicted molar refractivity (Wildman–Crippen MR) is 70.5 cm³/mol. The van der Waals surface area contributed by atoms with Crippen LogP contribution in [0.25, 0.3) is 0 Å². The zero-order chi connectivity index (χ0) is 15.4. The van der Waals surface area contributed by atoms with E-state index in [-0.39, 0.29) is 18.4 Å². The molecule has 0 saturated carbocycles. The Morgan fingerprint density at radius 3 is 2.62 bits per heavy atom. The lowest BCUT2D eigenvalue weighted by atomic mass is 10.1. The molecule has 0 aromatic carbocycles. The van der Waals surface area contributed by atoms with Crippen molar-refractivity contribution in [3.05, 3.63) is 0 Å². The second-order valence-corrected chi connectivity index (χ2v) is 5.05. The van der Waals surface area contributed by atoms with Crippen LogP contribution in [0.4, 0.5) is 0 Å². The highest BCUT2D eigenvalue weighted by molar-refractivity contribution is 5.90. The Hall–Kier alpha value is -1.67. The first-order chi connectivity index (χ1) is 10.0. The van der Waals surface area contributed by atoms with Gasteiger partial charge in [-0.05, 0) is 19.8 Å². The second-order valence-electron chi connectivity index (χ2n) is 5.05. The van der Waals surface area contributed by atoms with Crippen molar-refractivity contribution in [1.29, 1.82) is 0 Å². The molecule has 2 fully saturated rings. The number of carboxylic acid groups (broad SMARTS) is 1. The maximum atomic E-state index is 12.5. The number of amides is 2. The Bertz CT molecular complexity index is 427. The van der Waals surface area contributed by atoms with Gasteiger partial charge in [-0.2, -0.15) is 0 Å². The number of aliphatic carboxylic acids is 1. The number of morpholine rings is 1. The normalized spacial score (nSPS) is 29.2. The SMILES string of the molecule is CCNC(=O)C1COCCN1C(=O)C1CCC(C(=O)O)O1. The van der Waals surface area contributed by atoms with E-state index in [1.54, 1.807) is 6.92 Å². The minimum absolute atomic E-state index is 0.145. The van der Waals surface area contributed by atoms with Gasteiger partial charge in [0.2, 0.25) is 5.91 Å². The van der Waals surface area contributed by atoms with E-state index < -0.39 is 24.2 Å². The van der Waals surface area contributed by atoms with Gasteiger partial charge in [-0.15, -0.1) is 0 Å². The summed E-state index contributed by atoms with van der Waals surface area (Å²) in [5.74, 6) is -1.66. The van der Waals surface area contributed by atoms with Crippen molar-refractivity contribution in [3.63, 3.8) is 0 Å². The van der Waals surface area contributed by atoms with Gasteiger partial charge in [-0.1, -0.05) is 0 Å². The molecule has 2 aliphatic rings. The fourth-order valence-corrected chi connectivity index (χ4v) is 2.56. The van der Waals surface area contributed by atoms with Crippen LogP contribution in [0.5, 0.6) is 0 Å². The number of likely N-dealkylation sites (N-methyl/N-ethyl adjacent to an activating group) is 1. The van der Waals surface area contributed by atoms with Gasteiger partial charge in [-0.3, -0.25) is 9.59 Å². The lowest BCUT2D eigenvalue weighted by Gasteiger charge is -2.35. The third-order valence-electron chi connectivity index (χ3n) is 3.64. The summed E-state index contributed by atoms with van der Waals surface area (Å²) in [5, 5.41) is 11.6. The molecule has 3 unspecified atom stereocenters. The van der Waals surface area contributed by atoms with Gasteiger partial charge in [0.25, 0.3) is 5.91 Å². The molecular weight excluding hydrogens is 280 g/mol. The molecule has 0 aliphatic carbocycles. The van der Waals surface area contributed by atoms with Crippen molar-refractivity contribution < 1.29 is 29.0 Å². The second kappa shape index (κ2) is 6.86. The number of carbonyl (C=O) groups is 3. The fraction of sp³-hybridized carbons (Fsp3) is 0.769. The number of hydrogen-bond donors (Lipinski definition) is 2. The quantitative estimate of drug-likeness (QED) is 0.688. The van der Waals surface area contributed by atoms with E-state index >= 15 is 0 Å². The van der Waals surface area contributed by atoms with E-state index in [0.29, 0.717) is 32.5 Å². The molecule has 0 spiro atoms. The molecule has 2 aliphatic heterocycles. The smallest absolute Gasteiger partial charge is 0.332 e. The van der Waals surface area contributed by atoms with E-state index in [9.17, 15) is 14.4 Å². The average Bonchev–Trinajstić information content (AvgIpc) is 2.97. The van der Waals surface area contributed by atoms with Crippen LogP contribution >= 0.6 is 0 Å². The molecule has 21 heavy (non-hydrogen) atoms. The van der Waals surface area contributed by atoms with E-state index in [1.165, 1.54) is 4.90 Å². The minimum Gasteiger partial charge on any atom is -0.479 e. The van der Waals surface area contributed by atoms with Crippen LogP contribution < -0.4 is 5.32 Å². The molecule has 2 rings (SSSR count). The Balaban J connectivity index is 2.02. The van der Waals surface area contributed by atoms with E-state index in [2.05, 4.69) is 5.32 Å². The zero-order valence-electron chi connectivity index (χ0n) is 11.9. The van der Waals surface area contributed by atoms with Gasteiger partial charge < -0.3 is 24.8 Å². The minimum atomic E-state index is -1.06. The molecule has 0 aromatic heterocycles. The maximum absolute atomic E-state index is 12.5. The highest BCUT2D eigenvalue weighted by Gasteiger charge is 2.41. The molecule has 0 aromatic rings. The summed E-state index contributed by atoms with van der Waals surface area (Å²) in [4.78, 5) is 36.7. The molecule has 118 valence electrons. The van der Waals surface area contributed by atoms with Crippen LogP contribution in [0, 0.1) is 0 Å². The molecule has 2 heterocycles. The average molecular weight is 300 g/mol. The monoisotopic (exact) mass is 300 g/mol. The number of hydrogen-bond acceptors (Lipinski definition) is 5. The third kappa shape index (κ3) is 3.51. The fourth-order valence-electron chi connectivity index (χ4n) is 2.56. The van der Waals surface area contributed by atoms with Crippen molar-refractivity contribution in [1.82, 2.24) is 10.2 Å². The third-order valence-corrected chi connectivity index (χ3v) is 3.64. The first-order valence-corrected chi connectivity index (χ1v) is 7.08. The van der Waals surface area contributed by atoms with Crippen LogP contribution in [0.15, 0.2) is 0 Å². The molecular formula is C13H20N2O6. The summed E-state index contributed by atoms with van der Waals surface area (Å²) in [7, 11) is 0. The lowest BCUT2D eigenvalue weighted by Crippen LogP contribution is -2.58. The van der Waals surface area contributed by atoms with Gasteiger partial charge in [0.05, 0.1) is 13.2 Å². The highest BCUT2D eigenvalue weighted by atomic mass is 16.5. The number of rotatable bonds is 4. The van der Waals surface area contributed by atoms with E-state index in [4.69, 9.17) is 14.6 Å². The predicted octanol–water partition coefficient (Wildman–Crippen LogP) is -1.02. The van der Waals surface area contributed by atoms with Gasteiger partial charge in [-0.25, -0.2) is 4.79 Å². The Morgan fingerprint density at radius 2 is 2.00 bits per heavy atom. The summed E-state index contributed by atoms with van der Waals surface area (Å²) in [6.07, 6.45) is -1.07. The van der Waals surface area contributed by atoms with Gasteiger partial charge >= 0.3 is 5.97 Å². The molecule has 8 heteroatoms.